The second kappa shape index (κ2) is 4.53. The van der Waals surface area contributed by atoms with E-state index in [0.29, 0.717) is 0 Å². The van der Waals surface area contributed by atoms with Gasteiger partial charge < -0.3 is 10.4 Å². The molecule has 0 fully saturated rings. The quantitative estimate of drug-likeness (QED) is 0.760. The van der Waals surface area contributed by atoms with Crippen LogP contribution in [0.5, 0.6) is 0 Å². The summed E-state index contributed by atoms with van der Waals surface area (Å²) in [5.41, 5.74) is 0.914. The lowest BCUT2D eigenvalue weighted by Gasteiger charge is -2.29. The van der Waals surface area contributed by atoms with Crippen molar-refractivity contribution in [3.63, 3.8) is 0 Å². The summed E-state index contributed by atoms with van der Waals surface area (Å²) in [7, 11) is 0. The minimum atomic E-state index is -0.371. The summed E-state index contributed by atoms with van der Waals surface area (Å²) < 4.78 is 0. The molecule has 3 heteroatoms. The molecule has 78 valence electrons. The van der Waals surface area contributed by atoms with E-state index in [1.54, 1.807) is 19.3 Å². The van der Waals surface area contributed by atoms with Gasteiger partial charge in [0, 0.05) is 24.5 Å². The van der Waals surface area contributed by atoms with E-state index in [1.165, 1.54) is 5.56 Å². The molecule has 0 amide bonds. The van der Waals surface area contributed by atoms with Crippen molar-refractivity contribution in [3.05, 3.63) is 30.1 Å². The van der Waals surface area contributed by atoms with Crippen LogP contribution in [0.25, 0.3) is 0 Å². The highest BCUT2D eigenvalue weighted by atomic mass is 16.3. The van der Waals surface area contributed by atoms with Crippen molar-refractivity contribution in [2.45, 2.75) is 39.0 Å². The van der Waals surface area contributed by atoms with E-state index >= 15 is 0 Å². The predicted octanol–water partition coefficient (Wildman–Crippen LogP) is 1.33. The molecule has 0 radical (unpaired) electrons. The zero-order valence-corrected chi connectivity index (χ0v) is 8.99. The predicted molar refractivity (Wildman–Crippen MR) is 56.8 cm³/mol. The van der Waals surface area contributed by atoms with Gasteiger partial charge in [0.1, 0.15) is 0 Å². The molecule has 1 heterocycles. The van der Waals surface area contributed by atoms with Crippen LogP contribution in [0.4, 0.5) is 0 Å². The van der Waals surface area contributed by atoms with Crippen LogP contribution in [0.1, 0.15) is 26.3 Å². The minimum Gasteiger partial charge on any atom is -0.392 e. The normalized spacial score (nSPS) is 14.0. The SMILES string of the molecule is CC(O)C(C)(C)NCc1ccncc1. The first-order chi connectivity index (χ1) is 6.52. The van der Waals surface area contributed by atoms with Gasteiger partial charge >= 0.3 is 0 Å². The molecule has 1 rings (SSSR count). The van der Waals surface area contributed by atoms with Gasteiger partial charge in [-0.2, -0.15) is 0 Å². The molecule has 0 saturated carbocycles. The highest BCUT2D eigenvalue weighted by molar-refractivity contribution is 5.09. The average Bonchev–Trinajstić information content (AvgIpc) is 2.16. The molecular weight excluding hydrogens is 176 g/mol. The second-order valence-electron chi connectivity index (χ2n) is 4.11. The van der Waals surface area contributed by atoms with Crippen molar-refractivity contribution in [2.75, 3.05) is 0 Å². The van der Waals surface area contributed by atoms with Crippen molar-refractivity contribution in [2.24, 2.45) is 0 Å². The van der Waals surface area contributed by atoms with Crippen LogP contribution >= 0.6 is 0 Å². The lowest BCUT2D eigenvalue weighted by atomic mass is 9.98. The molecule has 3 nitrogen and oxygen atoms in total. The van der Waals surface area contributed by atoms with Gasteiger partial charge in [-0.25, -0.2) is 0 Å². The Morgan fingerprint density at radius 1 is 1.43 bits per heavy atom. The molecule has 0 aliphatic rings. The minimum absolute atomic E-state index is 0.261. The molecule has 0 saturated heterocycles. The Morgan fingerprint density at radius 2 is 2.00 bits per heavy atom. The number of aliphatic hydroxyl groups excluding tert-OH is 1. The first-order valence-electron chi connectivity index (χ1n) is 4.84. The third-order valence-electron chi connectivity index (χ3n) is 2.54. The molecule has 0 aromatic carbocycles. The van der Waals surface area contributed by atoms with Gasteiger partial charge in [0.15, 0.2) is 0 Å². The number of nitrogens with one attached hydrogen (secondary N) is 1. The maximum atomic E-state index is 9.48. The molecule has 0 aliphatic carbocycles. The van der Waals surface area contributed by atoms with E-state index in [2.05, 4.69) is 10.3 Å². The Kier molecular flexibility index (Phi) is 3.61. The van der Waals surface area contributed by atoms with Crippen LogP contribution in [0.2, 0.25) is 0 Å². The zero-order chi connectivity index (χ0) is 10.6. The number of aliphatic hydroxyl groups is 1. The molecule has 2 N–H and O–H groups in total. The fraction of sp³-hybridized carbons (Fsp3) is 0.545. The van der Waals surface area contributed by atoms with E-state index in [9.17, 15) is 5.11 Å². The smallest absolute Gasteiger partial charge is 0.0688 e. The van der Waals surface area contributed by atoms with E-state index in [-0.39, 0.29) is 11.6 Å². The van der Waals surface area contributed by atoms with Gasteiger partial charge in [0.25, 0.3) is 0 Å². The lowest BCUT2D eigenvalue weighted by molar-refractivity contribution is 0.0956. The third kappa shape index (κ3) is 3.09. The number of hydrogen-bond donors (Lipinski definition) is 2. The number of pyridine rings is 1. The molecule has 1 aromatic rings. The topological polar surface area (TPSA) is 45.1 Å². The molecule has 1 atom stereocenters. The zero-order valence-electron chi connectivity index (χ0n) is 8.99. The summed E-state index contributed by atoms with van der Waals surface area (Å²) in [5, 5.41) is 12.8. The summed E-state index contributed by atoms with van der Waals surface area (Å²) in [5.74, 6) is 0. The maximum absolute atomic E-state index is 9.48. The van der Waals surface area contributed by atoms with Crippen molar-refractivity contribution >= 4 is 0 Å². The van der Waals surface area contributed by atoms with E-state index < -0.39 is 0 Å². The van der Waals surface area contributed by atoms with E-state index in [4.69, 9.17) is 0 Å². The Labute approximate surface area is 85.2 Å². The van der Waals surface area contributed by atoms with Crippen LogP contribution in [0.3, 0.4) is 0 Å². The number of hydrogen-bond acceptors (Lipinski definition) is 3. The van der Waals surface area contributed by atoms with E-state index in [0.717, 1.165) is 6.54 Å². The van der Waals surface area contributed by atoms with Crippen molar-refractivity contribution in [3.8, 4) is 0 Å². The first kappa shape index (κ1) is 11.1. The molecule has 0 spiro atoms. The molecule has 1 aromatic heterocycles. The van der Waals surface area contributed by atoms with Crippen molar-refractivity contribution in [1.82, 2.24) is 10.3 Å². The molecule has 14 heavy (non-hydrogen) atoms. The summed E-state index contributed by atoms with van der Waals surface area (Å²) in [4.78, 5) is 3.95. The fourth-order valence-corrected chi connectivity index (χ4v) is 0.978. The van der Waals surface area contributed by atoms with Crippen LogP contribution in [0.15, 0.2) is 24.5 Å². The van der Waals surface area contributed by atoms with Gasteiger partial charge in [-0.1, -0.05) is 0 Å². The molecule has 0 bridgehead atoms. The first-order valence-corrected chi connectivity index (χ1v) is 4.84. The molecule has 0 aliphatic heterocycles. The molecular formula is C11H18N2O. The molecule has 1 unspecified atom stereocenters. The van der Waals surface area contributed by atoms with E-state index in [1.807, 2.05) is 26.0 Å². The summed E-state index contributed by atoms with van der Waals surface area (Å²) >= 11 is 0. The standard InChI is InChI=1S/C11H18N2O/c1-9(14)11(2,3)13-8-10-4-6-12-7-5-10/h4-7,9,13-14H,8H2,1-3H3. The second-order valence-corrected chi connectivity index (χ2v) is 4.11. The van der Waals surface area contributed by atoms with Gasteiger partial charge in [0.05, 0.1) is 6.10 Å². The summed E-state index contributed by atoms with van der Waals surface area (Å²) in [6, 6.07) is 3.93. The Morgan fingerprint density at radius 3 is 2.50 bits per heavy atom. The van der Waals surface area contributed by atoms with Crippen LogP contribution in [-0.4, -0.2) is 21.7 Å². The summed E-state index contributed by atoms with van der Waals surface area (Å²) in [6.45, 7) is 6.51. The Hall–Kier alpha value is -0.930. The van der Waals surface area contributed by atoms with Gasteiger partial charge in [-0.3, -0.25) is 4.98 Å². The summed E-state index contributed by atoms with van der Waals surface area (Å²) in [6.07, 6.45) is 3.17. The number of rotatable bonds is 4. The highest BCUT2D eigenvalue weighted by Gasteiger charge is 2.22. The van der Waals surface area contributed by atoms with Gasteiger partial charge in [0.2, 0.25) is 0 Å². The van der Waals surface area contributed by atoms with Crippen LogP contribution in [0, 0.1) is 0 Å². The van der Waals surface area contributed by atoms with Crippen LogP contribution < -0.4 is 5.32 Å². The Balaban J connectivity index is 2.49. The Bertz CT molecular complexity index is 270. The van der Waals surface area contributed by atoms with Crippen LogP contribution in [-0.2, 0) is 6.54 Å². The van der Waals surface area contributed by atoms with Crippen molar-refractivity contribution < 1.29 is 5.11 Å². The third-order valence-corrected chi connectivity index (χ3v) is 2.54. The number of nitrogens with zero attached hydrogens (tertiary/aromatic N) is 1. The fourth-order valence-electron chi connectivity index (χ4n) is 0.978. The van der Waals surface area contributed by atoms with Gasteiger partial charge in [-0.15, -0.1) is 0 Å². The average molecular weight is 194 g/mol. The van der Waals surface area contributed by atoms with Gasteiger partial charge in [-0.05, 0) is 38.5 Å². The number of aromatic nitrogens is 1. The highest BCUT2D eigenvalue weighted by Crippen LogP contribution is 2.09. The largest absolute Gasteiger partial charge is 0.392 e. The van der Waals surface area contributed by atoms with Crippen molar-refractivity contribution in [1.29, 1.82) is 0 Å². The monoisotopic (exact) mass is 194 g/mol. The lowest BCUT2D eigenvalue weighted by Crippen LogP contribution is -2.47. The maximum Gasteiger partial charge on any atom is 0.0688 e.